The molecule has 2 rings (SSSR count). The number of Topliss-reactive ketones (excluding diaryl/α,β-unsaturated/α-hetero) is 1. The molecule has 1 aromatic carbocycles. The average Bonchev–Trinajstić information content (AvgIpc) is 2.82. The zero-order valence-electron chi connectivity index (χ0n) is 9.68. The zero-order valence-corrected chi connectivity index (χ0v) is 12.1. The number of aryl methyl sites for hydroxylation is 1. The molecular formula is C14H10BrNOS. The van der Waals surface area contributed by atoms with Crippen molar-refractivity contribution < 1.29 is 4.79 Å². The van der Waals surface area contributed by atoms with E-state index in [9.17, 15) is 10.1 Å². The van der Waals surface area contributed by atoms with Crippen LogP contribution in [0.4, 0.5) is 0 Å². The summed E-state index contributed by atoms with van der Waals surface area (Å²) in [6, 6.07) is 11.3. The van der Waals surface area contributed by atoms with Gasteiger partial charge in [0.1, 0.15) is 5.92 Å². The molecule has 0 aliphatic heterocycles. The van der Waals surface area contributed by atoms with E-state index in [1.54, 1.807) is 6.07 Å². The second-order valence-corrected chi connectivity index (χ2v) is 5.85. The maximum atomic E-state index is 12.3. The van der Waals surface area contributed by atoms with Crippen molar-refractivity contribution in [2.75, 3.05) is 0 Å². The number of carbonyl (C=O) groups is 1. The van der Waals surface area contributed by atoms with Crippen molar-refractivity contribution in [3.63, 3.8) is 0 Å². The summed E-state index contributed by atoms with van der Waals surface area (Å²) in [5, 5.41) is 11.1. The van der Waals surface area contributed by atoms with E-state index in [1.807, 2.05) is 36.6 Å². The van der Waals surface area contributed by atoms with Gasteiger partial charge in [-0.3, -0.25) is 4.79 Å². The highest BCUT2D eigenvalue weighted by Crippen LogP contribution is 2.26. The van der Waals surface area contributed by atoms with Crippen LogP contribution in [0, 0.1) is 18.3 Å². The number of nitrogens with zero attached hydrogens (tertiary/aromatic N) is 1. The van der Waals surface area contributed by atoms with Gasteiger partial charge < -0.3 is 0 Å². The first kappa shape index (κ1) is 13.0. The molecule has 4 heteroatoms. The van der Waals surface area contributed by atoms with Gasteiger partial charge in [-0.1, -0.05) is 22.0 Å². The largest absolute Gasteiger partial charge is 0.292 e. The normalized spacial score (nSPS) is 11.8. The van der Waals surface area contributed by atoms with Gasteiger partial charge >= 0.3 is 0 Å². The lowest BCUT2D eigenvalue weighted by Gasteiger charge is -2.07. The predicted molar refractivity (Wildman–Crippen MR) is 75.9 cm³/mol. The van der Waals surface area contributed by atoms with Crippen LogP contribution in [0.15, 0.2) is 40.2 Å². The Kier molecular flexibility index (Phi) is 3.95. The van der Waals surface area contributed by atoms with Gasteiger partial charge in [-0.15, -0.1) is 11.3 Å². The lowest BCUT2D eigenvalue weighted by molar-refractivity contribution is 0.0980. The summed E-state index contributed by atoms with van der Waals surface area (Å²) in [6.07, 6.45) is 0. The molecule has 0 saturated heterocycles. The molecule has 0 bridgehead atoms. The van der Waals surface area contributed by atoms with E-state index >= 15 is 0 Å². The van der Waals surface area contributed by atoms with E-state index in [-0.39, 0.29) is 5.78 Å². The number of hydrogen-bond donors (Lipinski definition) is 0. The monoisotopic (exact) mass is 319 g/mol. The van der Waals surface area contributed by atoms with Gasteiger partial charge in [0.2, 0.25) is 0 Å². The zero-order chi connectivity index (χ0) is 13.1. The first-order valence-corrected chi connectivity index (χ1v) is 7.03. The third kappa shape index (κ3) is 2.69. The van der Waals surface area contributed by atoms with Gasteiger partial charge in [0.25, 0.3) is 0 Å². The SMILES string of the molecule is Cc1cc(Br)cc(C(=O)C(C#N)c2cccs2)c1. The Morgan fingerprint density at radius 3 is 2.78 bits per heavy atom. The third-order valence-corrected chi connectivity index (χ3v) is 3.94. The van der Waals surface area contributed by atoms with E-state index in [4.69, 9.17) is 0 Å². The fourth-order valence-electron chi connectivity index (χ4n) is 1.75. The molecule has 18 heavy (non-hydrogen) atoms. The molecule has 1 unspecified atom stereocenters. The molecule has 0 amide bonds. The predicted octanol–water partition coefficient (Wildman–Crippen LogP) is 4.31. The summed E-state index contributed by atoms with van der Waals surface area (Å²) in [7, 11) is 0. The summed E-state index contributed by atoms with van der Waals surface area (Å²) in [6.45, 7) is 1.92. The maximum Gasteiger partial charge on any atom is 0.185 e. The highest BCUT2D eigenvalue weighted by Gasteiger charge is 2.22. The molecular weight excluding hydrogens is 310 g/mol. The first-order valence-electron chi connectivity index (χ1n) is 5.36. The van der Waals surface area contributed by atoms with Crippen molar-refractivity contribution in [2.45, 2.75) is 12.8 Å². The second-order valence-electron chi connectivity index (χ2n) is 3.96. The van der Waals surface area contributed by atoms with Crippen molar-refractivity contribution >= 4 is 33.0 Å². The number of rotatable bonds is 3. The first-order chi connectivity index (χ1) is 8.61. The van der Waals surface area contributed by atoms with Crippen LogP contribution >= 0.6 is 27.3 Å². The average molecular weight is 320 g/mol. The number of nitriles is 1. The molecule has 90 valence electrons. The van der Waals surface area contributed by atoms with Crippen LogP contribution in [-0.2, 0) is 0 Å². The minimum Gasteiger partial charge on any atom is -0.292 e. The molecule has 1 atom stereocenters. The lowest BCUT2D eigenvalue weighted by Crippen LogP contribution is -2.10. The number of benzene rings is 1. The van der Waals surface area contributed by atoms with Gasteiger partial charge in [-0.2, -0.15) is 5.26 Å². The second kappa shape index (κ2) is 5.47. The van der Waals surface area contributed by atoms with Crippen LogP contribution in [0.25, 0.3) is 0 Å². The maximum absolute atomic E-state index is 12.3. The number of thiophene rings is 1. The Balaban J connectivity index is 2.39. The molecule has 0 saturated carbocycles. The van der Waals surface area contributed by atoms with Gasteiger partial charge in [-0.25, -0.2) is 0 Å². The van der Waals surface area contributed by atoms with Crippen LogP contribution < -0.4 is 0 Å². The highest BCUT2D eigenvalue weighted by atomic mass is 79.9. The number of ketones is 1. The Morgan fingerprint density at radius 2 is 2.22 bits per heavy atom. The van der Waals surface area contributed by atoms with E-state index in [2.05, 4.69) is 22.0 Å². The molecule has 0 spiro atoms. The molecule has 1 aromatic heterocycles. The van der Waals surface area contributed by atoms with Crippen LogP contribution in [0.3, 0.4) is 0 Å². The smallest absolute Gasteiger partial charge is 0.185 e. The molecule has 2 aromatic rings. The van der Waals surface area contributed by atoms with Crippen LogP contribution in [-0.4, -0.2) is 5.78 Å². The van der Waals surface area contributed by atoms with Crippen LogP contribution in [0.1, 0.15) is 26.7 Å². The number of hydrogen-bond acceptors (Lipinski definition) is 3. The van der Waals surface area contributed by atoms with Gasteiger partial charge in [-0.05, 0) is 42.1 Å². The number of carbonyl (C=O) groups excluding carboxylic acids is 1. The Morgan fingerprint density at radius 1 is 1.44 bits per heavy atom. The fraction of sp³-hybridized carbons (Fsp3) is 0.143. The topological polar surface area (TPSA) is 40.9 Å². The van der Waals surface area contributed by atoms with Gasteiger partial charge in [0.15, 0.2) is 5.78 Å². The van der Waals surface area contributed by atoms with Crippen LogP contribution in [0.5, 0.6) is 0 Å². The minimum atomic E-state index is -0.710. The molecule has 0 aliphatic rings. The molecule has 0 N–H and O–H groups in total. The van der Waals surface area contributed by atoms with Crippen molar-refractivity contribution in [1.82, 2.24) is 0 Å². The van der Waals surface area contributed by atoms with Crippen molar-refractivity contribution in [1.29, 1.82) is 5.26 Å². The van der Waals surface area contributed by atoms with Gasteiger partial charge in [0, 0.05) is 14.9 Å². The third-order valence-electron chi connectivity index (χ3n) is 2.55. The summed E-state index contributed by atoms with van der Waals surface area (Å²) in [4.78, 5) is 13.1. The highest BCUT2D eigenvalue weighted by molar-refractivity contribution is 9.10. The molecule has 0 aliphatic carbocycles. The minimum absolute atomic E-state index is 0.149. The summed E-state index contributed by atoms with van der Waals surface area (Å²) in [5.74, 6) is -0.858. The molecule has 1 heterocycles. The quantitative estimate of drug-likeness (QED) is 0.791. The van der Waals surface area contributed by atoms with Crippen molar-refractivity contribution in [3.8, 4) is 6.07 Å². The molecule has 0 fully saturated rings. The summed E-state index contributed by atoms with van der Waals surface area (Å²) < 4.78 is 0.855. The van der Waals surface area contributed by atoms with Crippen molar-refractivity contribution in [2.24, 2.45) is 0 Å². The van der Waals surface area contributed by atoms with E-state index < -0.39 is 5.92 Å². The van der Waals surface area contributed by atoms with Crippen molar-refractivity contribution in [3.05, 3.63) is 56.2 Å². The standard InChI is InChI=1S/C14H10BrNOS/c1-9-5-10(7-11(15)6-9)14(17)12(8-16)13-3-2-4-18-13/h2-7,12H,1H3. The summed E-state index contributed by atoms with van der Waals surface area (Å²) >= 11 is 4.80. The Hall–Kier alpha value is -1.44. The van der Waals surface area contributed by atoms with Gasteiger partial charge in [0.05, 0.1) is 6.07 Å². The lowest BCUT2D eigenvalue weighted by atomic mass is 9.96. The van der Waals surface area contributed by atoms with E-state index in [0.717, 1.165) is 14.9 Å². The van der Waals surface area contributed by atoms with E-state index in [1.165, 1.54) is 11.3 Å². The van der Waals surface area contributed by atoms with Crippen LogP contribution in [0.2, 0.25) is 0 Å². The molecule has 0 radical (unpaired) electrons. The Labute approximate surface area is 118 Å². The van der Waals surface area contributed by atoms with E-state index in [0.29, 0.717) is 5.56 Å². The number of halogens is 1. The molecule has 2 nitrogen and oxygen atoms in total. The summed E-state index contributed by atoms with van der Waals surface area (Å²) in [5.41, 5.74) is 1.57. The Bertz CT molecular complexity index is 593. The fourth-order valence-corrected chi connectivity index (χ4v) is 3.13.